The first kappa shape index (κ1) is 6.83. The van der Waals surface area contributed by atoms with Crippen LogP contribution in [0.3, 0.4) is 0 Å². The van der Waals surface area contributed by atoms with Crippen LogP contribution in [0.1, 0.15) is 0 Å². The van der Waals surface area contributed by atoms with Crippen molar-refractivity contribution in [2.75, 3.05) is 7.11 Å². The van der Waals surface area contributed by atoms with Crippen LogP contribution in [-0.4, -0.2) is 15.5 Å². The summed E-state index contributed by atoms with van der Waals surface area (Å²) in [6.07, 6.45) is 0. The van der Waals surface area contributed by atoms with E-state index in [-0.39, 0.29) is 0 Å². The summed E-state index contributed by atoms with van der Waals surface area (Å²) in [7, 11) is -2.49. The highest BCUT2D eigenvalue weighted by Gasteiger charge is 1.94. The lowest BCUT2D eigenvalue weighted by Crippen LogP contribution is -2.29. The molecule has 0 fully saturated rings. The largest absolute Gasteiger partial charge is 0.296 e. The van der Waals surface area contributed by atoms with Gasteiger partial charge in [-0.1, -0.05) is 4.89 Å². The molecule has 0 aliphatic rings. The molecule has 0 atom stereocenters. The van der Waals surface area contributed by atoms with Crippen LogP contribution in [0, 0.1) is 0 Å². The number of rotatable bonds is 2. The Balaban J connectivity index is 3.60. The molecule has 0 heterocycles. The highest BCUT2D eigenvalue weighted by Crippen LogP contribution is 1.60. The van der Waals surface area contributed by atoms with E-state index in [0.29, 0.717) is 0 Å². The summed E-state index contributed by atoms with van der Waals surface area (Å²) in [5.41, 5.74) is 0. The van der Waals surface area contributed by atoms with Gasteiger partial charge in [-0.05, 0) is 0 Å². The summed E-state index contributed by atoms with van der Waals surface area (Å²) in [6, 6.07) is 0. The molecule has 7 heavy (non-hydrogen) atoms. The summed E-state index contributed by atoms with van der Waals surface area (Å²) in [4.78, 5) is 5.48. The van der Waals surface area contributed by atoms with Crippen molar-refractivity contribution in [3.8, 4) is 0 Å². The van der Waals surface area contributed by atoms with Crippen LogP contribution in [0.5, 0.6) is 0 Å². The zero-order valence-electron chi connectivity index (χ0n) is 3.71. The molecular weight excluding hydrogens is 120 g/mol. The summed E-state index contributed by atoms with van der Waals surface area (Å²) < 4.78 is 19.5. The van der Waals surface area contributed by atoms with Crippen molar-refractivity contribution in [1.29, 1.82) is 0 Å². The van der Waals surface area contributed by atoms with Gasteiger partial charge in [0.05, 0.1) is 7.11 Å². The number of nitrogens with two attached hydrogens (primary N) is 1. The number of nitrogens with one attached hydrogen (secondary N) is 1. The fourth-order valence-corrected chi connectivity index (χ4v) is 0.348. The zero-order chi connectivity index (χ0) is 5.91. The van der Waals surface area contributed by atoms with Crippen molar-refractivity contribution in [3.05, 3.63) is 0 Å². The maximum atomic E-state index is 9.77. The Bertz CT molecular complexity index is 126. The van der Waals surface area contributed by atoms with E-state index in [1.165, 1.54) is 4.89 Å². The highest BCUT2D eigenvalue weighted by atomic mass is 32.2. The fraction of sp³-hybridized carbons (Fsp3) is 1.00. The Kier molecular flexibility index (Phi) is 2.16. The van der Waals surface area contributed by atoms with Crippen LogP contribution in [0.15, 0.2) is 0 Å². The van der Waals surface area contributed by atoms with Crippen LogP contribution < -0.4 is 10.0 Å². The van der Waals surface area contributed by atoms with Crippen molar-refractivity contribution in [2.24, 2.45) is 5.14 Å². The Hall–Kier alpha value is -0.170. The Morgan fingerprint density at radius 3 is 2.14 bits per heavy atom. The molecule has 0 saturated heterocycles. The highest BCUT2D eigenvalue weighted by molar-refractivity contribution is 7.87. The van der Waals surface area contributed by atoms with Crippen molar-refractivity contribution in [2.45, 2.75) is 0 Å². The third kappa shape index (κ3) is 5.83. The monoisotopic (exact) mass is 126 g/mol. The second kappa shape index (κ2) is 2.22. The van der Waals surface area contributed by atoms with Crippen LogP contribution in [0.25, 0.3) is 0 Å². The minimum Gasteiger partial charge on any atom is -0.289 e. The van der Waals surface area contributed by atoms with Crippen LogP contribution in [0.4, 0.5) is 0 Å². The molecule has 0 aliphatic heterocycles. The molecule has 0 aromatic carbocycles. The SMILES string of the molecule is CONS(N)(=O)=O. The predicted molar refractivity (Wildman–Crippen MR) is 23.3 cm³/mol. The molecule has 0 aromatic rings. The Morgan fingerprint density at radius 1 is 1.71 bits per heavy atom. The van der Waals surface area contributed by atoms with Crippen LogP contribution in [-0.2, 0) is 15.0 Å². The average Bonchev–Trinajstić information content (AvgIpc) is 1.30. The third-order valence-electron chi connectivity index (χ3n) is 0.199. The molecule has 0 amide bonds. The number of hydrogen-bond acceptors (Lipinski definition) is 3. The minimum absolute atomic E-state index is 1.16. The van der Waals surface area contributed by atoms with Crippen molar-refractivity contribution < 1.29 is 13.3 Å². The van der Waals surface area contributed by atoms with Crippen molar-refractivity contribution in [1.82, 2.24) is 4.89 Å². The van der Waals surface area contributed by atoms with Gasteiger partial charge >= 0.3 is 0 Å². The fourth-order valence-electron chi connectivity index (χ4n) is 0.116. The summed E-state index contributed by atoms with van der Waals surface area (Å²) in [5, 5.41) is 4.38. The zero-order valence-corrected chi connectivity index (χ0v) is 4.53. The summed E-state index contributed by atoms with van der Waals surface area (Å²) >= 11 is 0. The van der Waals surface area contributed by atoms with Crippen LogP contribution >= 0.6 is 0 Å². The second-order valence-corrected chi connectivity index (χ2v) is 2.09. The van der Waals surface area contributed by atoms with Gasteiger partial charge in [-0.15, -0.1) is 0 Å². The van der Waals surface area contributed by atoms with E-state index < -0.39 is 10.2 Å². The average molecular weight is 126 g/mol. The predicted octanol–water partition coefficient (Wildman–Crippen LogP) is -1.66. The smallest absolute Gasteiger partial charge is 0.289 e. The summed E-state index contributed by atoms with van der Waals surface area (Å²) in [5.74, 6) is 0. The molecule has 3 N–H and O–H groups in total. The van der Waals surface area contributed by atoms with E-state index in [0.717, 1.165) is 7.11 Å². The van der Waals surface area contributed by atoms with Gasteiger partial charge in [-0.25, -0.2) is 5.14 Å². The van der Waals surface area contributed by atoms with Crippen LogP contribution in [0.2, 0.25) is 0 Å². The van der Waals surface area contributed by atoms with E-state index in [4.69, 9.17) is 0 Å². The first-order valence-electron chi connectivity index (χ1n) is 1.39. The van der Waals surface area contributed by atoms with E-state index in [9.17, 15) is 8.42 Å². The first-order chi connectivity index (χ1) is 3.06. The lowest BCUT2D eigenvalue weighted by Gasteiger charge is -1.92. The lowest BCUT2D eigenvalue weighted by molar-refractivity contribution is 0.153. The molecule has 0 radical (unpaired) electrons. The molecule has 0 aromatic heterocycles. The van der Waals surface area contributed by atoms with Gasteiger partial charge in [0.2, 0.25) is 0 Å². The lowest BCUT2D eigenvalue weighted by atomic mass is 11.7. The van der Waals surface area contributed by atoms with E-state index in [1.807, 2.05) is 0 Å². The molecule has 0 aliphatic carbocycles. The third-order valence-corrected chi connectivity index (χ3v) is 0.598. The van der Waals surface area contributed by atoms with Gasteiger partial charge in [0.15, 0.2) is 0 Å². The number of hydrogen-bond donors (Lipinski definition) is 2. The van der Waals surface area contributed by atoms with E-state index >= 15 is 0 Å². The molecule has 6 heteroatoms. The Morgan fingerprint density at radius 2 is 2.14 bits per heavy atom. The second-order valence-electron chi connectivity index (χ2n) is 0.832. The molecular formula is CH6N2O3S. The molecule has 44 valence electrons. The maximum Gasteiger partial charge on any atom is 0.296 e. The van der Waals surface area contributed by atoms with Gasteiger partial charge in [0, 0.05) is 0 Å². The van der Waals surface area contributed by atoms with Gasteiger partial charge in [0.25, 0.3) is 10.2 Å². The molecule has 5 nitrogen and oxygen atoms in total. The summed E-state index contributed by atoms with van der Waals surface area (Å²) in [6.45, 7) is 0. The van der Waals surface area contributed by atoms with E-state index in [1.54, 1.807) is 0 Å². The Labute approximate surface area is 41.6 Å². The standard InChI is InChI=1S/CH6N2O3S/c1-6-3-7(2,4)5/h3H,1H3,(H2,2,4,5). The minimum atomic E-state index is -3.65. The van der Waals surface area contributed by atoms with Crippen molar-refractivity contribution >= 4 is 10.2 Å². The van der Waals surface area contributed by atoms with Crippen molar-refractivity contribution in [3.63, 3.8) is 0 Å². The molecule has 0 spiro atoms. The molecule has 0 rings (SSSR count). The van der Waals surface area contributed by atoms with E-state index in [2.05, 4.69) is 9.98 Å². The molecule has 0 saturated carbocycles. The van der Waals surface area contributed by atoms with Gasteiger partial charge < -0.3 is 0 Å². The maximum absolute atomic E-state index is 9.77. The topological polar surface area (TPSA) is 81.4 Å². The van der Waals surface area contributed by atoms with Gasteiger partial charge in [0.1, 0.15) is 0 Å². The molecule has 0 bridgehead atoms. The van der Waals surface area contributed by atoms with Gasteiger partial charge in [-0.3, -0.25) is 4.84 Å². The normalized spacial score (nSPS) is 11.7. The first-order valence-corrected chi connectivity index (χ1v) is 2.93. The molecule has 0 unspecified atom stereocenters. The van der Waals surface area contributed by atoms with Gasteiger partial charge in [-0.2, -0.15) is 8.42 Å². The quantitative estimate of drug-likeness (QED) is 0.434.